The molecule has 0 aromatic carbocycles. The normalized spacial score (nSPS) is 19.2. The van der Waals surface area contributed by atoms with Gasteiger partial charge in [-0.25, -0.2) is 9.78 Å². The van der Waals surface area contributed by atoms with Gasteiger partial charge in [0.1, 0.15) is 11.4 Å². The Morgan fingerprint density at radius 1 is 1.47 bits per heavy atom. The molecule has 0 spiro atoms. The van der Waals surface area contributed by atoms with Gasteiger partial charge in [0.25, 0.3) is 5.91 Å². The standard InChI is InChI=1S/C13H16N2O3S/c1-2-9-8-15(6-7-19-9)12(16)10-4-3-5-11(14-10)13(17)18/h3-5,9H,2,6-8H2,1H3,(H,17,18). The molecule has 1 unspecified atom stereocenters. The van der Waals surface area contributed by atoms with Crippen molar-refractivity contribution < 1.29 is 14.7 Å². The SMILES string of the molecule is CCC1CN(C(=O)c2cccc(C(=O)O)n2)CCS1. The molecule has 1 fully saturated rings. The van der Waals surface area contributed by atoms with Crippen LogP contribution in [-0.4, -0.2) is 51.0 Å². The summed E-state index contributed by atoms with van der Waals surface area (Å²) in [6, 6.07) is 4.51. The maximum atomic E-state index is 12.3. The van der Waals surface area contributed by atoms with Crippen molar-refractivity contribution in [1.29, 1.82) is 0 Å². The maximum absolute atomic E-state index is 12.3. The molecular weight excluding hydrogens is 264 g/mol. The van der Waals surface area contributed by atoms with Crippen LogP contribution in [-0.2, 0) is 0 Å². The van der Waals surface area contributed by atoms with Gasteiger partial charge in [-0.2, -0.15) is 11.8 Å². The molecule has 1 aliphatic rings. The van der Waals surface area contributed by atoms with Crippen LogP contribution in [0.4, 0.5) is 0 Å². The molecule has 0 radical (unpaired) electrons. The molecule has 1 aromatic heterocycles. The van der Waals surface area contributed by atoms with Gasteiger partial charge in [0, 0.05) is 24.1 Å². The smallest absolute Gasteiger partial charge is 0.354 e. The number of aromatic nitrogens is 1. The number of carbonyl (C=O) groups is 2. The van der Waals surface area contributed by atoms with Crippen LogP contribution in [0, 0.1) is 0 Å². The zero-order chi connectivity index (χ0) is 13.8. The number of aromatic carboxylic acids is 1. The largest absolute Gasteiger partial charge is 0.477 e. The van der Waals surface area contributed by atoms with Crippen LogP contribution in [0.2, 0.25) is 0 Å². The first kappa shape index (κ1) is 13.9. The van der Waals surface area contributed by atoms with E-state index in [0.717, 1.165) is 12.2 Å². The molecule has 1 aromatic rings. The predicted molar refractivity (Wildman–Crippen MR) is 73.6 cm³/mol. The van der Waals surface area contributed by atoms with Crippen LogP contribution in [0.15, 0.2) is 18.2 Å². The van der Waals surface area contributed by atoms with Crippen molar-refractivity contribution in [3.63, 3.8) is 0 Å². The Hall–Kier alpha value is -1.56. The second-order valence-corrected chi connectivity index (χ2v) is 5.77. The number of pyridine rings is 1. The van der Waals surface area contributed by atoms with E-state index in [1.165, 1.54) is 6.07 Å². The number of carboxylic acid groups (broad SMARTS) is 1. The zero-order valence-electron chi connectivity index (χ0n) is 10.7. The second-order valence-electron chi connectivity index (χ2n) is 4.37. The quantitative estimate of drug-likeness (QED) is 0.913. The second kappa shape index (κ2) is 6.06. The average Bonchev–Trinajstić information content (AvgIpc) is 2.46. The number of hydrogen-bond donors (Lipinski definition) is 1. The van der Waals surface area contributed by atoms with Crippen LogP contribution in [0.25, 0.3) is 0 Å². The first-order valence-electron chi connectivity index (χ1n) is 6.23. The van der Waals surface area contributed by atoms with Gasteiger partial charge in [0.05, 0.1) is 0 Å². The summed E-state index contributed by atoms with van der Waals surface area (Å²) in [7, 11) is 0. The Morgan fingerprint density at radius 3 is 2.89 bits per heavy atom. The number of carboxylic acids is 1. The maximum Gasteiger partial charge on any atom is 0.354 e. The molecule has 6 heteroatoms. The number of nitrogens with zero attached hydrogens (tertiary/aromatic N) is 2. The third kappa shape index (κ3) is 3.26. The molecule has 2 heterocycles. The predicted octanol–water partition coefficient (Wildman–Crippen LogP) is 1.75. The lowest BCUT2D eigenvalue weighted by atomic mass is 10.2. The van der Waals surface area contributed by atoms with E-state index in [4.69, 9.17) is 5.11 Å². The molecule has 1 N–H and O–H groups in total. The van der Waals surface area contributed by atoms with Crippen molar-refractivity contribution in [2.24, 2.45) is 0 Å². The average molecular weight is 280 g/mol. The van der Waals surface area contributed by atoms with Crippen LogP contribution in [0.3, 0.4) is 0 Å². The van der Waals surface area contributed by atoms with E-state index in [1.54, 1.807) is 17.0 Å². The summed E-state index contributed by atoms with van der Waals surface area (Å²) in [5, 5.41) is 9.35. The number of thioether (sulfide) groups is 1. The summed E-state index contributed by atoms with van der Waals surface area (Å²) in [4.78, 5) is 28.8. The van der Waals surface area contributed by atoms with Gasteiger partial charge in [0.15, 0.2) is 0 Å². The Kier molecular flexibility index (Phi) is 4.42. The van der Waals surface area contributed by atoms with Gasteiger partial charge in [-0.1, -0.05) is 13.0 Å². The van der Waals surface area contributed by atoms with Crippen molar-refractivity contribution in [3.8, 4) is 0 Å². The Labute approximate surface area is 116 Å². The van der Waals surface area contributed by atoms with Gasteiger partial charge < -0.3 is 10.0 Å². The highest BCUT2D eigenvalue weighted by Gasteiger charge is 2.25. The van der Waals surface area contributed by atoms with Gasteiger partial charge in [-0.15, -0.1) is 0 Å². The molecule has 5 nitrogen and oxygen atoms in total. The van der Waals surface area contributed by atoms with Gasteiger partial charge in [-0.05, 0) is 18.6 Å². The van der Waals surface area contributed by atoms with Gasteiger partial charge in [-0.3, -0.25) is 4.79 Å². The van der Waals surface area contributed by atoms with E-state index in [2.05, 4.69) is 11.9 Å². The molecule has 1 saturated heterocycles. The Balaban J connectivity index is 2.14. The van der Waals surface area contributed by atoms with Gasteiger partial charge >= 0.3 is 5.97 Å². The van der Waals surface area contributed by atoms with E-state index in [9.17, 15) is 9.59 Å². The number of hydrogen-bond acceptors (Lipinski definition) is 4. The highest BCUT2D eigenvalue weighted by molar-refractivity contribution is 8.00. The molecule has 1 atom stereocenters. The van der Waals surface area contributed by atoms with E-state index in [-0.39, 0.29) is 17.3 Å². The van der Waals surface area contributed by atoms with Crippen molar-refractivity contribution in [1.82, 2.24) is 9.88 Å². The summed E-state index contributed by atoms with van der Waals surface area (Å²) in [5.74, 6) is -0.375. The number of amides is 1. The summed E-state index contributed by atoms with van der Waals surface area (Å²) < 4.78 is 0. The summed E-state index contributed by atoms with van der Waals surface area (Å²) >= 11 is 1.88. The monoisotopic (exact) mass is 280 g/mol. The van der Waals surface area contributed by atoms with Gasteiger partial charge in [0.2, 0.25) is 0 Å². The molecule has 102 valence electrons. The number of rotatable bonds is 3. The van der Waals surface area contributed by atoms with Crippen LogP contribution < -0.4 is 0 Å². The Bertz CT molecular complexity index is 493. The minimum Gasteiger partial charge on any atom is -0.477 e. The van der Waals surface area contributed by atoms with E-state index in [0.29, 0.717) is 18.3 Å². The van der Waals surface area contributed by atoms with Crippen LogP contribution in [0.5, 0.6) is 0 Å². The lowest BCUT2D eigenvalue weighted by Gasteiger charge is -2.31. The fourth-order valence-corrected chi connectivity index (χ4v) is 3.17. The summed E-state index contributed by atoms with van der Waals surface area (Å²) in [5.41, 5.74) is 0.117. The summed E-state index contributed by atoms with van der Waals surface area (Å²) in [6.07, 6.45) is 1.02. The molecular formula is C13H16N2O3S. The molecule has 0 saturated carbocycles. The molecule has 19 heavy (non-hydrogen) atoms. The molecule has 0 bridgehead atoms. The minimum atomic E-state index is -1.12. The van der Waals surface area contributed by atoms with E-state index >= 15 is 0 Å². The van der Waals surface area contributed by atoms with Crippen LogP contribution >= 0.6 is 11.8 Å². The van der Waals surface area contributed by atoms with Crippen molar-refractivity contribution in [2.45, 2.75) is 18.6 Å². The molecule has 1 aliphatic heterocycles. The van der Waals surface area contributed by atoms with Crippen molar-refractivity contribution in [3.05, 3.63) is 29.6 Å². The fraction of sp³-hybridized carbons (Fsp3) is 0.462. The number of carbonyl (C=O) groups excluding carboxylic acids is 1. The topological polar surface area (TPSA) is 70.5 Å². The third-order valence-electron chi connectivity index (χ3n) is 3.07. The highest BCUT2D eigenvalue weighted by Crippen LogP contribution is 2.22. The first-order chi connectivity index (χ1) is 9.11. The molecule has 0 aliphatic carbocycles. The lowest BCUT2D eigenvalue weighted by molar-refractivity contribution is 0.0690. The highest BCUT2D eigenvalue weighted by atomic mass is 32.2. The Morgan fingerprint density at radius 2 is 2.21 bits per heavy atom. The third-order valence-corrected chi connectivity index (χ3v) is 4.44. The minimum absolute atomic E-state index is 0.0933. The molecule has 1 amide bonds. The zero-order valence-corrected chi connectivity index (χ0v) is 11.5. The van der Waals surface area contributed by atoms with E-state index < -0.39 is 5.97 Å². The van der Waals surface area contributed by atoms with E-state index in [1.807, 2.05) is 11.8 Å². The fourth-order valence-electron chi connectivity index (χ4n) is 1.99. The molecule has 2 rings (SSSR count). The van der Waals surface area contributed by atoms with Crippen molar-refractivity contribution >= 4 is 23.6 Å². The van der Waals surface area contributed by atoms with Crippen LogP contribution in [0.1, 0.15) is 34.3 Å². The van der Waals surface area contributed by atoms with Crippen molar-refractivity contribution in [2.75, 3.05) is 18.8 Å². The first-order valence-corrected chi connectivity index (χ1v) is 7.28. The summed E-state index contributed by atoms with van der Waals surface area (Å²) in [6.45, 7) is 3.51. The lowest BCUT2D eigenvalue weighted by Crippen LogP contribution is -2.42.